The van der Waals surface area contributed by atoms with Crippen molar-refractivity contribution >= 4 is 11.6 Å². The van der Waals surface area contributed by atoms with Crippen LogP contribution in [-0.2, 0) is 0 Å². The van der Waals surface area contributed by atoms with Gasteiger partial charge in [0.05, 0.1) is 31.1 Å². The van der Waals surface area contributed by atoms with Crippen molar-refractivity contribution in [3.8, 4) is 23.0 Å². The van der Waals surface area contributed by atoms with Crippen molar-refractivity contribution < 1.29 is 24.5 Å². The van der Waals surface area contributed by atoms with E-state index >= 15 is 0 Å². The Balaban J connectivity index is 2.28. The molecule has 24 heavy (non-hydrogen) atoms. The molecule has 2 rings (SSSR count). The minimum atomic E-state index is -0.570. The summed E-state index contributed by atoms with van der Waals surface area (Å²) in [6.45, 7) is 1.61. The van der Waals surface area contributed by atoms with Crippen LogP contribution in [0.15, 0.2) is 41.5 Å². The molecule has 1 amide bonds. The molecular formula is C17H18N2O5. The number of nitrogens with one attached hydrogen (secondary N) is 1. The number of hydrazone groups is 1. The van der Waals surface area contributed by atoms with Crippen molar-refractivity contribution in [1.82, 2.24) is 5.43 Å². The maximum Gasteiger partial charge on any atom is 0.275 e. The van der Waals surface area contributed by atoms with E-state index in [1.54, 1.807) is 25.1 Å². The number of hydrogen-bond acceptors (Lipinski definition) is 6. The van der Waals surface area contributed by atoms with Crippen molar-refractivity contribution in [2.75, 3.05) is 14.2 Å². The minimum absolute atomic E-state index is 0.0933. The van der Waals surface area contributed by atoms with Crippen molar-refractivity contribution in [2.45, 2.75) is 6.92 Å². The minimum Gasteiger partial charge on any atom is -0.507 e. The summed E-state index contributed by atoms with van der Waals surface area (Å²) in [5, 5.41) is 23.8. The fraction of sp³-hybridized carbons (Fsp3) is 0.176. The number of ether oxygens (including phenoxy) is 2. The van der Waals surface area contributed by atoms with Gasteiger partial charge >= 0.3 is 0 Å². The van der Waals surface area contributed by atoms with E-state index in [2.05, 4.69) is 10.5 Å². The van der Waals surface area contributed by atoms with Gasteiger partial charge < -0.3 is 19.7 Å². The zero-order valence-electron chi connectivity index (χ0n) is 13.5. The molecule has 7 heteroatoms. The fourth-order valence-corrected chi connectivity index (χ4v) is 2.14. The van der Waals surface area contributed by atoms with Crippen LogP contribution in [0.5, 0.6) is 23.0 Å². The van der Waals surface area contributed by atoms with Gasteiger partial charge in [0.1, 0.15) is 23.0 Å². The van der Waals surface area contributed by atoms with E-state index in [-0.39, 0.29) is 17.1 Å². The van der Waals surface area contributed by atoms with E-state index in [1.165, 1.54) is 32.4 Å². The lowest BCUT2D eigenvalue weighted by Gasteiger charge is -2.12. The van der Waals surface area contributed by atoms with E-state index in [4.69, 9.17) is 9.47 Å². The van der Waals surface area contributed by atoms with E-state index in [9.17, 15) is 15.0 Å². The van der Waals surface area contributed by atoms with Crippen molar-refractivity contribution in [1.29, 1.82) is 0 Å². The largest absolute Gasteiger partial charge is 0.507 e. The number of para-hydroxylation sites is 1. The lowest BCUT2D eigenvalue weighted by Crippen LogP contribution is -2.19. The molecule has 0 spiro atoms. The second-order valence-corrected chi connectivity index (χ2v) is 4.88. The molecule has 0 saturated heterocycles. The van der Waals surface area contributed by atoms with Gasteiger partial charge in [0, 0.05) is 12.1 Å². The SMILES string of the molecule is COc1cc(O)c(C(C)=NNC(=O)c2ccccc2O)c(OC)c1. The van der Waals surface area contributed by atoms with E-state index in [0.29, 0.717) is 22.8 Å². The molecule has 0 aliphatic heterocycles. The number of nitrogens with zero attached hydrogens (tertiary/aromatic N) is 1. The summed E-state index contributed by atoms with van der Waals surface area (Å²) in [7, 11) is 2.92. The number of rotatable bonds is 5. The number of methoxy groups -OCH3 is 2. The smallest absolute Gasteiger partial charge is 0.275 e. The van der Waals surface area contributed by atoms with Gasteiger partial charge in [-0.05, 0) is 19.1 Å². The number of amides is 1. The zero-order chi connectivity index (χ0) is 17.7. The van der Waals surface area contributed by atoms with Gasteiger partial charge in [-0.3, -0.25) is 4.79 Å². The van der Waals surface area contributed by atoms with Gasteiger partial charge in [-0.25, -0.2) is 5.43 Å². The van der Waals surface area contributed by atoms with Gasteiger partial charge in [0.15, 0.2) is 0 Å². The molecule has 7 nitrogen and oxygen atoms in total. The molecule has 0 saturated carbocycles. The number of benzene rings is 2. The molecule has 2 aromatic rings. The van der Waals surface area contributed by atoms with Gasteiger partial charge in [0.25, 0.3) is 5.91 Å². The average molecular weight is 330 g/mol. The third-order valence-corrected chi connectivity index (χ3v) is 3.35. The molecule has 2 aromatic carbocycles. The molecule has 0 atom stereocenters. The summed E-state index contributed by atoms with van der Waals surface area (Å²) in [5.74, 6) is -0.0274. The van der Waals surface area contributed by atoms with Crippen LogP contribution in [0.25, 0.3) is 0 Å². The fourth-order valence-electron chi connectivity index (χ4n) is 2.14. The number of aromatic hydroxyl groups is 2. The maximum atomic E-state index is 12.0. The van der Waals surface area contributed by atoms with Crippen LogP contribution in [0.4, 0.5) is 0 Å². The highest BCUT2D eigenvalue weighted by atomic mass is 16.5. The summed E-state index contributed by atoms with van der Waals surface area (Å²) in [6, 6.07) is 9.13. The standard InChI is InChI=1S/C17H18N2O5/c1-10(16-14(21)8-11(23-2)9-15(16)24-3)18-19-17(22)12-6-4-5-7-13(12)20/h4-9,20-21H,1-3H3,(H,19,22). The number of carbonyl (C=O) groups excluding carboxylic acids is 1. The normalized spacial score (nSPS) is 11.0. The molecule has 3 N–H and O–H groups in total. The molecule has 0 unspecified atom stereocenters. The molecule has 0 bridgehead atoms. The Labute approximate surface area is 139 Å². The van der Waals surface area contributed by atoms with Crippen LogP contribution in [0.2, 0.25) is 0 Å². The second kappa shape index (κ2) is 7.36. The monoisotopic (exact) mass is 330 g/mol. The van der Waals surface area contributed by atoms with Crippen LogP contribution in [0.3, 0.4) is 0 Å². The maximum absolute atomic E-state index is 12.0. The van der Waals surface area contributed by atoms with Crippen molar-refractivity contribution in [3.63, 3.8) is 0 Å². The third-order valence-electron chi connectivity index (χ3n) is 3.35. The Hall–Kier alpha value is -3.22. The highest BCUT2D eigenvalue weighted by molar-refractivity contribution is 6.05. The Bertz CT molecular complexity index is 787. The number of phenolic OH excluding ortho intramolecular Hbond substituents is 2. The third kappa shape index (κ3) is 3.57. The molecule has 0 heterocycles. The van der Waals surface area contributed by atoms with Crippen molar-refractivity contribution in [3.05, 3.63) is 47.5 Å². The van der Waals surface area contributed by atoms with Gasteiger partial charge in [-0.2, -0.15) is 5.10 Å². The second-order valence-electron chi connectivity index (χ2n) is 4.88. The summed E-state index contributed by atoms with van der Waals surface area (Å²) in [6.07, 6.45) is 0. The first-order valence-corrected chi connectivity index (χ1v) is 7.06. The molecule has 0 aliphatic carbocycles. The summed E-state index contributed by atoms with van der Waals surface area (Å²) >= 11 is 0. The molecule has 0 aromatic heterocycles. The van der Waals surface area contributed by atoms with Crippen LogP contribution < -0.4 is 14.9 Å². The Morgan fingerprint density at radius 3 is 2.42 bits per heavy atom. The Morgan fingerprint density at radius 2 is 1.79 bits per heavy atom. The average Bonchev–Trinajstić information content (AvgIpc) is 2.58. The predicted octanol–water partition coefficient (Wildman–Crippen LogP) is 2.27. The molecule has 0 aliphatic rings. The topological polar surface area (TPSA) is 100 Å². The molecular weight excluding hydrogens is 312 g/mol. The van der Waals surface area contributed by atoms with E-state index < -0.39 is 5.91 Å². The summed E-state index contributed by atoms with van der Waals surface area (Å²) in [5.41, 5.74) is 3.09. The first-order chi connectivity index (χ1) is 11.5. The first kappa shape index (κ1) is 17.1. The van der Waals surface area contributed by atoms with Crippen LogP contribution >= 0.6 is 0 Å². The lowest BCUT2D eigenvalue weighted by atomic mass is 10.1. The van der Waals surface area contributed by atoms with Gasteiger partial charge in [-0.1, -0.05) is 12.1 Å². The number of phenols is 2. The molecule has 126 valence electrons. The first-order valence-electron chi connectivity index (χ1n) is 7.06. The Kier molecular flexibility index (Phi) is 5.26. The highest BCUT2D eigenvalue weighted by Crippen LogP contribution is 2.33. The van der Waals surface area contributed by atoms with E-state index in [1.807, 2.05) is 0 Å². The Morgan fingerprint density at radius 1 is 1.08 bits per heavy atom. The van der Waals surface area contributed by atoms with Crippen molar-refractivity contribution in [2.24, 2.45) is 5.10 Å². The van der Waals surface area contributed by atoms with Crippen LogP contribution in [-0.4, -0.2) is 36.1 Å². The number of carbonyl (C=O) groups is 1. The van der Waals surface area contributed by atoms with Gasteiger partial charge in [-0.15, -0.1) is 0 Å². The summed E-state index contributed by atoms with van der Waals surface area (Å²) < 4.78 is 10.3. The molecule has 0 fully saturated rings. The predicted molar refractivity (Wildman–Crippen MR) is 89.0 cm³/mol. The quantitative estimate of drug-likeness (QED) is 0.577. The molecule has 0 radical (unpaired) electrons. The lowest BCUT2D eigenvalue weighted by molar-refractivity contribution is 0.0952. The number of hydrogen-bond donors (Lipinski definition) is 3. The van der Waals surface area contributed by atoms with Gasteiger partial charge in [0.2, 0.25) is 0 Å². The zero-order valence-corrected chi connectivity index (χ0v) is 13.5. The van der Waals surface area contributed by atoms with Crippen LogP contribution in [0, 0.1) is 0 Å². The van der Waals surface area contributed by atoms with E-state index in [0.717, 1.165) is 0 Å². The highest BCUT2D eigenvalue weighted by Gasteiger charge is 2.16. The van der Waals surface area contributed by atoms with Crippen LogP contribution in [0.1, 0.15) is 22.8 Å². The summed E-state index contributed by atoms with van der Waals surface area (Å²) in [4.78, 5) is 12.0.